The van der Waals surface area contributed by atoms with Crippen LogP contribution in [-0.4, -0.2) is 24.9 Å². The Bertz CT molecular complexity index is 453. The largest absolute Gasteiger partial charge is 0.389 e. The summed E-state index contributed by atoms with van der Waals surface area (Å²) >= 11 is 0. The molecule has 0 saturated heterocycles. The van der Waals surface area contributed by atoms with Crippen LogP contribution in [0.5, 0.6) is 0 Å². The highest BCUT2D eigenvalue weighted by molar-refractivity contribution is 5.45. The fourth-order valence-corrected chi connectivity index (χ4v) is 1.04. The number of hydrogen-bond donors (Lipinski definition) is 0. The van der Waals surface area contributed by atoms with E-state index in [1.165, 1.54) is 23.3 Å². The van der Waals surface area contributed by atoms with Crippen LogP contribution in [0.15, 0.2) is 30.7 Å². The Morgan fingerprint density at radius 2 is 2.29 bits per heavy atom. The molecule has 0 unspecified atom stereocenters. The molecule has 7 nitrogen and oxygen atoms in total. The van der Waals surface area contributed by atoms with Crippen molar-refractivity contribution in [1.29, 1.82) is 0 Å². The summed E-state index contributed by atoms with van der Waals surface area (Å²) in [7, 11) is 0. The van der Waals surface area contributed by atoms with E-state index < -0.39 is 4.92 Å². The van der Waals surface area contributed by atoms with Gasteiger partial charge in [-0.2, -0.15) is 0 Å². The third-order valence-electron chi connectivity index (χ3n) is 1.61. The highest BCUT2D eigenvalue weighted by Gasteiger charge is 2.15. The quantitative estimate of drug-likeness (QED) is 0.511. The molecule has 7 heteroatoms. The summed E-state index contributed by atoms with van der Waals surface area (Å²) in [6.07, 6.45) is 4.32. The van der Waals surface area contributed by atoms with Gasteiger partial charge in [0.1, 0.15) is 6.20 Å². The van der Waals surface area contributed by atoms with E-state index in [0.29, 0.717) is 5.69 Å². The Balaban J connectivity index is 2.58. The van der Waals surface area contributed by atoms with E-state index in [0.717, 1.165) is 0 Å². The van der Waals surface area contributed by atoms with Crippen LogP contribution in [0.4, 0.5) is 5.82 Å². The lowest BCUT2D eigenvalue weighted by atomic mass is 10.4. The first-order valence-corrected chi connectivity index (χ1v) is 3.75. The maximum absolute atomic E-state index is 10.6. The van der Waals surface area contributed by atoms with Gasteiger partial charge in [0.25, 0.3) is 0 Å². The van der Waals surface area contributed by atoms with Crippen molar-refractivity contribution in [2.24, 2.45) is 0 Å². The van der Waals surface area contributed by atoms with Gasteiger partial charge in [-0.05, 0) is 22.0 Å². The van der Waals surface area contributed by atoms with Gasteiger partial charge >= 0.3 is 5.82 Å². The molecule has 2 aromatic heterocycles. The molecule has 14 heavy (non-hydrogen) atoms. The molecule has 0 aliphatic carbocycles. The van der Waals surface area contributed by atoms with Gasteiger partial charge in [-0.1, -0.05) is 5.21 Å². The smallest absolute Gasteiger partial charge is 0.358 e. The van der Waals surface area contributed by atoms with Crippen LogP contribution in [-0.2, 0) is 0 Å². The predicted molar refractivity (Wildman–Crippen MR) is 45.8 cm³/mol. The van der Waals surface area contributed by atoms with Crippen molar-refractivity contribution in [2.75, 3.05) is 0 Å². The molecule has 0 bridgehead atoms. The van der Waals surface area contributed by atoms with Crippen LogP contribution >= 0.6 is 0 Å². The number of nitro groups is 1. The first-order valence-electron chi connectivity index (χ1n) is 3.75. The van der Waals surface area contributed by atoms with E-state index >= 15 is 0 Å². The van der Waals surface area contributed by atoms with E-state index in [1.807, 2.05) is 0 Å². The minimum Gasteiger partial charge on any atom is -0.358 e. The van der Waals surface area contributed by atoms with E-state index in [2.05, 4.69) is 15.3 Å². The van der Waals surface area contributed by atoms with Crippen molar-refractivity contribution < 1.29 is 4.92 Å². The molecule has 0 N–H and O–H groups in total. The van der Waals surface area contributed by atoms with Gasteiger partial charge < -0.3 is 10.1 Å². The molecule has 0 aromatic carbocycles. The normalized spacial score (nSPS) is 10.0. The molecule has 0 atom stereocenters. The third-order valence-corrected chi connectivity index (χ3v) is 1.61. The Kier molecular flexibility index (Phi) is 1.90. The Morgan fingerprint density at radius 1 is 1.43 bits per heavy atom. The zero-order valence-corrected chi connectivity index (χ0v) is 6.94. The molecule has 2 aromatic rings. The van der Waals surface area contributed by atoms with Crippen LogP contribution in [0.3, 0.4) is 0 Å². The van der Waals surface area contributed by atoms with Crippen molar-refractivity contribution in [3.63, 3.8) is 0 Å². The standard InChI is InChI=1S/C7H5N5O2/c13-12(14)7-6(2-1-3-8-7)11-5-4-9-10-11/h1-5H. The molecule has 70 valence electrons. The molecule has 0 aliphatic heterocycles. The Labute approximate surface area is 78.2 Å². The second-order valence-electron chi connectivity index (χ2n) is 2.45. The molecule has 0 amide bonds. The van der Waals surface area contributed by atoms with Crippen molar-refractivity contribution in [3.05, 3.63) is 40.8 Å². The molecular weight excluding hydrogens is 186 g/mol. The summed E-state index contributed by atoms with van der Waals surface area (Å²) in [4.78, 5) is 13.7. The highest BCUT2D eigenvalue weighted by Crippen LogP contribution is 2.17. The maximum Gasteiger partial charge on any atom is 0.389 e. The third kappa shape index (κ3) is 1.30. The zero-order valence-electron chi connectivity index (χ0n) is 6.94. The van der Waals surface area contributed by atoms with Crippen LogP contribution in [0.25, 0.3) is 5.69 Å². The van der Waals surface area contributed by atoms with Crippen LogP contribution < -0.4 is 0 Å². The van der Waals surface area contributed by atoms with E-state index in [1.54, 1.807) is 12.1 Å². The lowest BCUT2D eigenvalue weighted by Gasteiger charge is -1.99. The molecule has 0 fully saturated rings. The minimum atomic E-state index is -0.559. The first kappa shape index (κ1) is 8.30. The van der Waals surface area contributed by atoms with Crippen LogP contribution in [0.2, 0.25) is 0 Å². The Hall–Kier alpha value is -2.31. The van der Waals surface area contributed by atoms with Gasteiger partial charge in [0, 0.05) is 0 Å². The number of nitrogens with zero attached hydrogens (tertiary/aromatic N) is 5. The summed E-state index contributed by atoms with van der Waals surface area (Å²) in [6, 6.07) is 3.16. The first-order chi connectivity index (χ1) is 6.79. The molecule has 2 heterocycles. The summed E-state index contributed by atoms with van der Waals surface area (Å²) in [6.45, 7) is 0. The van der Waals surface area contributed by atoms with Crippen molar-refractivity contribution in [2.45, 2.75) is 0 Å². The van der Waals surface area contributed by atoms with Gasteiger partial charge in [0.15, 0.2) is 5.69 Å². The highest BCUT2D eigenvalue weighted by atomic mass is 16.6. The van der Waals surface area contributed by atoms with Crippen LogP contribution in [0, 0.1) is 10.1 Å². The second kappa shape index (κ2) is 3.21. The monoisotopic (exact) mass is 191 g/mol. The van der Waals surface area contributed by atoms with E-state index in [4.69, 9.17) is 0 Å². The molecule has 0 aliphatic rings. The predicted octanol–water partition coefficient (Wildman–Crippen LogP) is 0.570. The SMILES string of the molecule is O=[N+]([O-])c1ncccc1-n1ccnn1. The fourth-order valence-electron chi connectivity index (χ4n) is 1.04. The molecule has 0 spiro atoms. The summed E-state index contributed by atoms with van der Waals surface area (Å²) in [5.41, 5.74) is 0.301. The molecule has 0 saturated carbocycles. The van der Waals surface area contributed by atoms with Gasteiger partial charge in [0.05, 0.1) is 12.4 Å². The average molecular weight is 191 g/mol. The number of pyridine rings is 1. The second-order valence-corrected chi connectivity index (χ2v) is 2.45. The molecule has 2 rings (SSSR count). The summed E-state index contributed by atoms with van der Waals surface area (Å²) in [5.74, 6) is -0.238. The summed E-state index contributed by atoms with van der Waals surface area (Å²) < 4.78 is 1.30. The average Bonchev–Trinajstić information content (AvgIpc) is 2.70. The number of rotatable bonds is 2. The van der Waals surface area contributed by atoms with Crippen molar-refractivity contribution in [3.8, 4) is 5.69 Å². The van der Waals surface area contributed by atoms with Gasteiger partial charge in [-0.3, -0.25) is 0 Å². The van der Waals surface area contributed by atoms with Crippen molar-refractivity contribution in [1.82, 2.24) is 20.0 Å². The zero-order chi connectivity index (χ0) is 9.97. The lowest BCUT2D eigenvalue weighted by Crippen LogP contribution is -2.02. The van der Waals surface area contributed by atoms with E-state index in [9.17, 15) is 10.1 Å². The lowest BCUT2D eigenvalue weighted by molar-refractivity contribution is -0.389. The van der Waals surface area contributed by atoms with Gasteiger partial charge in [-0.15, -0.1) is 5.10 Å². The molecule has 0 radical (unpaired) electrons. The van der Waals surface area contributed by atoms with E-state index in [-0.39, 0.29) is 5.82 Å². The molecular formula is C7H5N5O2. The van der Waals surface area contributed by atoms with Gasteiger partial charge in [0.2, 0.25) is 0 Å². The van der Waals surface area contributed by atoms with Gasteiger partial charge in [-0.25, -0.2) is 4.68 Å². The maximum atomic E-state index is 10.6. The summed E-state index contributed by atoms with van der Waals surface area (Å²) in [5, 5.41) is 17.8. The van der Waals surface area contributed by atoms with Crippen LogP contribution in [0.1, 0.15) is 0 Å². The topological polar surface area (TPSA) is 86.7 Å². The fraction of sp³-hybridized carbons (Fsp3) is 0. The number of aromatic nitrogens is 4. The minimum absolute atomic E-state index is 0.238. The number of hydrogen-bond acceptors (Lipinski definition) is 5. The Morgan fingerprint density at radius 3 is 2.93 bits per heavy atom. The van der Waals surface area contributed by atoms with Crippen molar-refractivity contribution >= 4 is 5.82 Å².